The molecule has 0 aliphatic rings. The van der Waals surface area contributed by atoms with Crippen LogP contribution in [-0.2, 0) is 12.7 Å². The Labute approximate surface area is 119 Å². The number of alkyl halides is 3. The van der Waals surface area contributed by atoms with Crippen LogP contribution < -0.4 is 10.2 Å². The Hall–Kier alpha value is -1.23. The average Bonchev–Trinajstić information content (AvgIpc) is 2.38. The molecule has 1 aromatic carbocycles. The van der Waals surface area contributed by atoms with E-state index < -0.39 is 11.7 Å². The molecule has 0 aromatic heterocycles. The summed E-state index contributed by atoms with van der Waals surface area (Å²) in [6.07, 6.45) is -2.48. The van der Waals surface area contributed by atoms with E-state index >= 15 is 0 Å². The van der Waals surface area contributed by atoms with E-state index in [-0.39, 0.29) is 12.1 Å². The molecule has 1 rings (SSSR count). The van der Waals surface area contributed by atoms with Gasteiger partial charge in [-0.25, -0.2) is 0 Å². The van der Waals surface area contributed by atoms with Gasteiger partial charge in [-0.3, -0.25) is 0 Å². The molecular weight excluding hydrogens is 265 g/mol. The van der Waals surface area contributed by atoms with Crippen LogP contribution in [0.1, 0.15) is 37.8 Å². The zero-order chi connectivity index (χ0) is 15.2. The van der Waals surface area contributed by atoms with Gasteiger partial charge < -0.3 is 10.2 Å². The van der Waals surface area contributed by atoms with Crippen LogP contribution in [0.15, 0.2) is 18.2 Å². The van der Waals surface area contributed by atoms with Crippen molar-refractivity contribution >= 4 is 5.69 Å². The normalized spacial score (nSPS) is 11.7. The molecule has 1 N–H and O–H groups in total. The first-order valence-corrected chi connectivity index (χ1v) is 7.03. The van der Waals surface area contributed by atoms with Crippen molar-refractivity contribution in [2.45, 2.75) is 39.4 Å². The third kappa shape index (κ3) is 4.40. The Morgan fingerprint density at radius 2 is 1.70 bits per heavy atom. The molecule has 0 saturated heterocycles. The first kappa shape index (κ1) is 16.8. The van der Waals surface area contributed by atoms with E-state index in [9.17, 15) is 13.2 Å². The van der Waals surface area contributed by atoms with E-state index in [1.807, 2.05) is 18.7 Å². The number of rotatable bonds is 7. The molecule has 1 aromatic rings. The fourth-order valence-electron chi connectivity index (χ4n) is 2.28. The van der Waals surface area contributed by atoms with Crippen LogP contribution in [0.4, 0.5) is 18.9 Å². The van der Waals surface area contributed by atoms with Gasteiger partial charge in [0.1, 0.15) is 0 Å². The second kappa shape index (κ2) is 7.53. The molecule has 0 amide bonds. The maximum absolute atomic E-state index is 13.1. The topological polar surface area (TPSA) is 15.3 Å². The molecule has 0 spiro atoms. The second-order valence-corrected chi connectivity index (χ2v) is 4.86. The van der Waals surface area contributed by atoms with Gasteiger partial charge in [0.2, 0.25) is 0 Å². The van der Waals surface area contributed by atoms with Gasteiger partial charge in [-0.05, 0) is 37.6 Å². The molecule has 0 atom stereocenters. The van der Waals surface area contributed by atoms with Crippen molar-refractivity contribution in [3.63, 3.8) is 0 Å². The summed E-state index contributed by atoms with van der Waals surface area (Å²) in [7, 11) is 1.65. The van der Waals surface area contributed by atoms with E-state index in [0.717, 1.165) is 25.9 Å². The minimum Gasteiger partial charge on any atom is -0.372 e. The monoisotopic (exact) mass is 288 g/mol. The van der Waals surface area contributed by atoms with Crippen LogP contribution >= 0.6 is 0 Å². The van der Waals surface area contributed by atoms with Crippen LogP contribution in [0.2, 0.25) is 0 Å². The number of halogens is 3. The maximum Gasteiger partial charge on any atom is 0.416 e. The zero-order valence-corrected chi connectivity index (χ0v) is 12.3. The Morgan fingerprint density at radius 3 is 2.15 bits per heavy atom. The molecule has 0 fully saturated rings. The molecule has 0 aliphatic heterocycles. The third-order valence-corrected chi connectivity index (χ3v) is 3.12. The summed E-state index contributed by atoms with van der Waals surface area (Å²) in [5, 5.41) is 2.78. The maximum atomic E-state index is 13.1. The van der Waals surface area contributed by atoms with Gasteiger partial charge in [0.05, 0.1) is 5.56 Å². The van der Waals surface area contributed by atoms with Crippen molar-refractivity contribution in [1.82, 2.24) is 5.32 Å². The molecule has 0 aliphatic carbocycles. The van der Waals surface area contributed by atoms with Crippen LogP contribution in [0.3, 0.4) is 0 Å². The van der Waals surface area contributed by atoms with Gasteiger partial charge in [-0.2, -0.15) is 13.2 Å². The van der Waals surface area contributed by atoms with Gasteiger partial charge in [0, 0.05) is 25.3 Å². The van der Waals surface area contributed by atoms with E-state index in [0.29, 0.717) is 5.69 Å². The number of anilines is 1. The molecule has 20 heavy (non-hydrogen) atoms. The summed E-state index contributed by atoms with van der Waals surface area (Å²) in [5.74, 6) is 0. The first-order chi connectivity index (χ1) is 9.43. The predicted octanol–water partition coefficient (Wildman–Crippen LogP) is 4.05. The summed E-state index contributed by atoms with van der Waals surface area (Å²) >= 11 is 0. The Bertz CT molecular complexity index is 410. The fourth-order valence-corrected chi connectivity index (χ4v) is 2.28. The highest BCUT2D eigenvalue weighted by Gasteiger charge is 2.33. The summed E-state index contributed by atoms with van der Waals surface area (Å²) in [4.78, 5) is 2.01. The van der Waals surface area contributed by atoms with Crippen LogP contribution in [0.5, 0.6) is 0 Å². The lowest BCUT2D eigenvalue weighted by molar-refractivity contribution is -0.138. The summed E-state index contributed by atoms with van der Waals surface area (Å²) in [6.45, 7) is 5.83. The predicted molar refractivity (Wildman–Crippen MR) is 77.0 cm³/mol. The molecule has 0 saturated carbocycles. The van der Waals surface area contributed by atoms with E-state index in [2.05, 4.69) is 5.32 Å². The number of benzene rings is 1. The minimum atomic E-state index is -4.31. The fraction of sp³-hybridized carbons (Fsp3) is 0.600. The molecule has 0 radical (unpaired) electrons. The average molecular weight is 288 g/mol. The summed E-state index contributed by atoms with van der Waals surface area (Å²) < 4.78 is 39.4. The number of nitrogens with one attached hydrogen (secondary N) is 1. The SMILES string of the molecule is CCCN(CCC)c1ccc(CNC)c(C(F)(F)F)c1. The van der Waals surface area contributed by atoms with Crippen molar-refractivity contribution in [2.24, 2.45) is 0 Å². The summed E-state index contributed by atoms with van der Waals surface area (Å²) in [6, 6.07) is 4.64. The molecule has 0 heterocycles. The van der Waals surface area contributed by atoms with E-state index in [1.54, 1.807) is 19.2 Å². The summed E-state index contributed by atoms with van der Waals surface area (Å²) in [5.41, 5.74) is 0.402. The van der Waals surface area contributed by atoms with Gasteiger partial charge in [-0.1, -0.05) is 19.9 Å². The Balaban J connectivity index is 3.16. The van der Waals surface area contributed by atoms with E-state index in [4.69, 9.17) is 0 Å². The molecule has 0 unspecified atom stereocenters. The number of nitrogens with zero attached hydrogens (tertiary/aromatic N) is 1. The lowest BCUT2D eigenvalue weighted by Crippen LogP contribution is -2.25. The van der Waals surface area contributed by atoms with E-state index in [1.165, 1.54) is 6.07 Å². The van der Waals surface area contributed by atoms with Crippen molar-refractivity contribution < 1.29 is 13.2 Å². The molecule has 114 valence electrons. The van der Waals surface area contributed by atoms with Crippen LogP contribution in [0, 0.1) is 0 Å². The highest BCUT2D eigenvalue weighted by atomic mass is 19.4. The van der Waals surface area contributed by atoms with Crippen LogP contribution in [-0.4, -0.2) is 20.1 Å². The van der Waals surface area contributed by atoms with Crippen molar-refractivity contribution in [2.75, 3.05) is 25.0 Å². The molecular formula is C15H23F3N2. The third-order valence-electron chi connectivity index (χ3n) is 3.12. The molecule has 0 bridgehead atoms. The van der Waals surface area contributed by atoms with Crippen molar-refractivity contribution in [1.29, 1.82) is 0 Å². The minimum absolute atomic E-state index is 0.219. The zero-order valence-electron chi connectivity index (χ0n) is 12.3. The largest absolute Gasteiger partial charge is 0.416 e. The van der Waals surface area contributed by atoms with Gasteiger partial charge >= 0.3 is 6.18 Å². The second-order valence-electron chi connectivity index (χ2n) is 4.86. The Kier molecular flexibility index (Phi) is 6.33. The number of hydrogen-bond donors (Lipinski definition) is 1. The first-order valence-electron chi connectivity index (χ1n) is 7.03. The van der Waals surface area contributed by atoms with Gasteiger partial charge in [0.25, 0.3) is 0 Å². The highest BCUT2D eigenvalue weighted by molar-refractivity contribution is 5.52. The van der Waals surface area contributed by atoms with Crippen molar-refractivity contribution in [3.05, 3.63) is 29.3 Å². The van der Waals surface area contributed by atoms with Crippen LogP contribution in [0.25, 0.3) is 0 Å². The lowest BCUT2D eigenvalue weighted by Gasteiger charge is -2.25. The van der Waals surface area contributed by atoms with Crippen molar-refractivity contribution in [3.8, 4) is 0 Å². The Morgan fingerprint density at radius 1 is 1.10 bits per heavy atom. The van der Waals surface area contributed by atoms with Gasteiger partial charge in [-0.15, -0.1) is 0 Å². The van der Waals surface area contributed by atoms with Gasteiger partial charge in [0.15, 0.2) is 0 Å². The standard InChI is InChI=1S/C15H23F3N2/c1-4-8-20(9-5-2)13-7-6-12(11-19-3)14(10-13)15(16,17)18/h6-7,10,19H,4-5,8-9,11H2,1-3H3. The number of hydrogen-bond acceptors (Lipinski definition) is 2. The quantitative estimate of drug-likeness (QED) is 0.814. The smallest absolute Gasteiger partial charge is 0.372 e. The lowest BCUT2D eigenvalue weighted by atomic mass is 10.0. The molecule has 5 heteroatoms. The highest BCUT2D eigenvalue weighted by Crippen LogP contribution is 2.34. The molecule has 2 nitrogen and oxygen atoms in total.